The van der Waals surface area contributed by atoms with E-state index < -0.39 is 23.8 Å². The van der Waals surface area contributed by atoms with Crippen LogP contribution in [0.15, 0.2) is 72.8 Å². The summed E-state index contributed by atoms with van der Waals surface area (Å²) in [6.45, 7) is 8.55. The number of likely N-dealkylation sites (tertiary alicyclic amines) is 1. The zero-order chi connectivity index (χ0) is 31.6. The predicted octanol–water partition coefficient (Wildman–Crippen LogP) is 5.82. The van der Waals surface area contributed by atoms with E-state index in [0.717, 1.165) is 23.3 Å². The highest BCUT2D eigenvalue weighted by Gasteiger charge is 2.56. The largest absolute Gasteiger partial charge is 0.492 e. The highest BCUT2D eigenvalue weighted by atomic mass is 19.4. The van der Waals surface area contributed by atoms with Crippen molar-refractivity contribution in [2.24, 2.45) is 11.8 Å². The Hall–Kier alpha value is -4.05. The number of hydrogen-bond acceptors (Lipinski definition) is 5. The van der Waals surface area contributed by atoms with E-state index in [9.17, 15) is 27.9 Å². The summed E-state index contributed by atoms with van der Waals surface area (Å²) >= 11 is 0. The first kappa shape index (κ1) is 31.4. The summed E-state index contributed by atoms with van der Waals surface area (Å²) in [4.78, 5) is 26.3. The number of alkyl halides is 3. The third-order valence-electron chi connectivity index (χ3n) is 8.31. The third kappa shape index (κ3) is 7.53. The lowest BCUT2D eigenvalue weighted by Gasteiger charge is -2.21. The van der Waals surface area contributed by atoms with Gasteiger partial charge >= 0.3 is 12.1 Å². The predicted molar refractivity (Wildman–Crippen MR) is 159 cm³/mol. The third-order valence-corrected chi connectivity index (χ3v) is 8.31. The molecule has 5 rings (SSSR count). The molecule has 1 aliphatic heterocycles. The van der Waals surface area contributed by atoms with E-state index in [1.54, 1.807) is 17.0 Å². The Bertz CT molecular complexity index is 1440. The number of carboxylic acids is 1. The molecule has 0 aromatic heterocycles. The first-order valence-electron chi connectivity index (χ1n) is 14.7. The molecule has 1 amide bonds. The van der Waals surface area contributed by atoms with Crippen molar-refractivity contribution >= 4 is 11.9 Å². The van der Waals surface area contributed by atoms with Crippen LogP contribution in [0.5, 0.6) is 11.5 Å². The Balaban J connectivity index is 1.02. The van der Waals surface area contributed by atoms with E-state index in [2.05, 4.69) is 26.1 Å². The van der Waals surface area contributed by atoms with Crippen molar-refractivity contribution in [3.05, 3.63) is 95.1 Å². The summed E-state index contributed by atoms with van der Waals surface area (Å²) in [6, 6.07) is 19.4. The van der Waals surface area contributed by atoms with Crippen molar-refractivity contribution in [3.63, 3.8) is 0 Å². The molecular weight excluding hydrogens is 573 g/mol. The highest BCUT2D eigenvalue weighted by molar-refractivity contribution is 5.94. The quantitative estimate of drug-likeness (QED) is 0.266. The van der Waals surface area contributed by atoms with Crippen LogP contribution in [0.1, 0.15) is 47.8 Å². The van der Waals surface area contributed by atoms with Gasteiger partial charge in [-0.3, -0.25) is 4.79 Å². The van der Waals surface area contributed by atoms with Gasteiger partial charge in [-0.25, -0.2) is 4.79 Å². The van der Waals surface area contributed by atoms with E-state index >= 15 is 0 Å². The van der Waals surface area contributed by atoms with Gasteiger partial charge < -0.3 is 24.8 Å². The van der Waals surface area contributed by atoms with Crippen LogP contribution in [0.25, 0.3) is 0 Å². The molecule has 2 aliphatic rings. The van der Waals surface area contributed by atoms with Gasteiger partial charge in [0.1, 0.15) is 18.1 Å². The number of rotatable bonds is 11. The van der Waals surface area contributed by atoms with Crippen molar-refractivity contribution < 1.29 is 37.3 Å². The second-order valence-corrected chi connectivity index (χ2v) is 12.5. The maximum Gasteiger partial charge on any atom is 0.416 e. The molecule has 44 heavy (non-hydrogen) atoms. The maximum absolute atomic E-state index is 12.8. The first-order chi connectivity index (χ1) is 20.8. The molecule has 1 aliphatic carbocycles. The van der Waals surface area contributed by atoms with Crippen molar-refractivity contribution in [3.8, 4) is 11.5 Å². The molecule has 0 radical (unpaired) electrons. The van der Waals surface area contributed by atoms with E-state index in [1.807, 2.05) is 36.4 Å². The molecular formula is C34H37F3N2O5. The number of piperidine rings is 1. The number of ether oxygens (including phenoxy) is 2. The fourth-order valence-electron chi connectivity index (χ4n) is 5.69. The van der Waals surface area contributed by atoms with E-state index in [-0.39, 0.29) is 29.3 Å². The van der Waals surface area contributed by atoms with Gasteiger partial charge in [-0.05, 0) is 76.9 Å². The van der Waals surface area contributed by atoms with Crippen LogP contribution >= 0.6 is 0 Å². The number of amides is 1. The lowest BCUT2D eigenvalue weighted by molar-refractivity contribution is -0.145. The molecule has 2 fully saturated rings. The van der Waals surface area contributed by atoms with Gasteiger partial charge in [0, 0.05) is 37.7 Å². The summed E-state index contributed by atoms with van der Waals surface area (Å²) in [6.07, 6.45) is -5.24. The Morgan fingerprint density at radius 3 is 2.00 bits per heavy atom. The smallest absolute Gasteiger partial charge is 0.416 e. The summed E-state index contributed by atoms with van der Waals surface area (Å²) in [5.41, 5.74) is 1.45. The minimum Gasteiger partial charge on any atom is -0.492 e. The van der Waals surface area contributed by atoms with Crippen LogP contribution in [0.3, 0.4) is 0 Å². The number of nitrogens with one attached hydrogen (secondary N) is 1. The monoisotopic (exact) mass is 610 g/mol. The number of nitrogens with zero attached hydrogens (tertiary/aromatic N) is 1. The summed E-state index contributed by atoms with van der Waals surface area (Å²) in [5, 5.41) is 13.2. The molecule has 234 valence electrons. The summed E-state index contributed by atoms with van der Waals surface area (Å²) in [7, 11) is 0. The number of carbonyl (C=O) groups excluding carboxylic acids is 1. The van der Waals surface area contributed by atoms with Crippen molar-refractivity contribution in [2.45, 2.75) is 50.9 Å². The van der Waals surface area contributed by atoms with Gasteiger partial charge in [0.15, 0.2) is 6.10 Å². The molecule has 10 heteroatoms. The molecule has 2 unspecified atom stereocenters. The van der Waals surface area contributed by atoms with Gasteiger partial charge in [0.05, 0.1) is 5.56 Å². The molecule has 1 saturated carbocycles. The molecule has 4 atom stereocenters. The van der Waals surface area contributed by atoms with Crippen LogP contribution in [-0.4, -0.2) is 60.3 Å². The lowest BCUT2D eigenvalue weighted by atomic mass is 9.87. The highest BCUT2D eigenvalue weighted by Crippen LogP contribution is 2.45. The number of halogens is 3. The average Bonchev–Trinajstić information content (AvgIpc) is 3.42. The fraction of sp³-hybridized carbons (Fsp3) is 0.412. The molecule has 1 heterocycles. The van der Waals surface area contributed by atoms with Gasteiger partial charge in [-0.1, -0.05) is 45.0 Å². The molecule has 1 saturated heterocycles. The second-order valence-electron chi connectivity index (χ2n) is 12.5. The van der Waals surface area contributed by atoms with Crippen molar-refractivity contribution in [1.82, 2.24) is 10.2 Å². The number of carboxylic acid groups (broad SMARTS) is 1. The normalized spacial score (nSPS) is 20.1. The number of carbonyl (C=O) groups is 2. The lowest BCUT2D eigenvalue weighted by Crippen LogP contribution is -2.36. The SMILES string of the molecule is CC(C)(C)c1ccc(O[C@@H](Cc2ccc(OCCNC3C4CN(C(=O)c5ccc(C(F)(F)F)cc5)C[C@@H]43)cc2)C(=O)O)cc1. The summed E-state index contributed by atoms with van der Waals surface area (Å²) < 4.78 is 50.0. The van der Waals surface area contributed by atoms with Gasteiger partial charge in [-0.15, -0.1) is 0 Å². The molecule has 3 aromatic carbocycles. The first-order valence-corrected chi connectivity index (χ1v) is 14.7. The Labute approximate surface area is 255 Å². The molecule has 0 spiro atoms. The minimum absolute atomic E-state index is 0.00565. The summed E-state index contributed by atoms with van der Waals surface area (Å²) in [5.74, 6) is 0.559. The van der Waals surface area contributed by atoms with Crippen LogP contribution in [-0.2, 0) is 22.8 Å². The van der Waals surface area contributed by atoms with Crippen LogP contribution in [0, 0.1) is 11.8 Å². The van der Waals surface area contributed by atoms with E-state index in [1.165, 1.54) is 12.1 Å². The number of hydrogen-bond donors (Lipinski definition) is 2. The molecule has 3 aromatic rings. The van der Waals surface area contributed by atoms with Gasteiger partial charge in [0.25, 0.3) is 5.91 Å². The Morgan fingerprint density at radius 2 is 1.45 bits per heavy atom. The number of aliphatic carboxylic acids is 1. The molecule has 7 nitrogen and oxygen atoms in total. The van der Waals surface area contributed by atoms with E-state index in [0.29, 0.717) is 49.6 Å². The zero-order valence-electron chi connectivity index (χ0n) is 24.9. The van der Waals surface area contributed by atoms with Gasteiger partial charge in [0.2, 0.25) is 0 Å². The van der Waals surface area contributed by atoms with E-state index in [4.69, 9.17) is 9.47 Å². The maximum atomic E-state index is 12.8. The van der Waals surface area contributed by atoms with Crippen molar-refractivity contribution in [2.75, 3.05) is 26.2 Å². The molecule has 0 bridgehead atoms. The Morgan fingerprint density at radius 1 is 0.886 bits per heavy atom. The number of benzene rings is 3. The van der Waals surface area contributed by atoms with Crippen LogP contribution in [0.4, 0.5) is 13.2 Å². The molecule has 2 N–H and O–H groups in total. The fourth-order valence-corrected chi connectivity index (χ4v) is 5.69. The minimum atomic E-state index is -4.43. The number of fused-ring (bicyclic) bond motifs is 1. The van der Waals surface area contributed by atoms with Crippen LogP contribution < -0.4 is 14.8 Å². The second kappa shape index (κ2) is 12.5. The Kier molecular flexibility index (Phi) is 8.92. The topological polar surface area (TPSA) is 88.1 Å². The van der Waals surface area contributed by atoms with Crippen LogP contribution in [0.2, 0.25) is 0 Å². The van der Waals surface area contributed by atoms with Crippen molar-refractivity contribution in [1.29, 1.82) is 0 Å². The standard InChI is InChI=1S/C34H37F3N2O5/c1-33(2,3)23-10-14-26(15-11-23)44-29(32(41)42)18-21-4-12-25(13-5-21)43-17-16-38-30-27-19-39(20-28(27)30)31(40)22-6-8-24(9-7-22)34(35,36)37/h4-15,27-30,38H,16-20H2,1-3H3,(H,41,42)/t27-,28?,29-,30?/m0/s1. The average molecular weight is 611 g/mol. The van der Waals surface area contributed by atoms with Gasteiger partial charge in [-0.2, -0.15) is 13.2 Å². The zero-order valence-corrected chi connectivity index (χ0v) is 24.9.